The van der Waals surface area contributed by atoms with E-state index in [2.05, 4.69) is 10.6 Å². The first kappa shape index (κ1) is 22.5. The van der Waals surface area contributed by atoms with Crippen molar-refractivity contribution >= 4 is 6.03 Å². The molecule has 9 heteroatoms. The van der Waals surface area contributed by atoms with Crippen LogP contribution in [0.3, 0.4) is 0 Å². The van der Waals surface area contributed by atoms with Crippen molar-refractivity contribution in [2.45, 2.75) is 49.4 Å². The lowest BCUT2D eigenvalue weighted by molar-refractivity contribution is -0.137. The molecule has 0 bridgehead atoms. The lowest BCUT2D eigenvalue weighted by Gasteiger charge is -2.54. The van der Waals surface area contributed by atoms with E-state index in [4.69, 9.17) is 4.74 Å². The van der Waals surface area contributed by atoms with E-state index >= 15 is 0 Å². The van der Waals surface area contributed by atoms with Gasteiger partial charge in [-0.25, -0.2) is 13.6 Å². The van der Waals surface area contributed by atoms with Crippen molar-refractivity contribution in [2.75, 3.05) is 13.2 Å². The van der Waals surface area contributed by atoms with Gasteiger partial charge in [-0.05, 0) is 49.1 Å². The van der Waals surface area contributed by atoms with Gasteiger partial charge in [-0.3, -0.25) is 0 Å². The molecule has 2 aliphatic rings. The molecule has 1 aliphatic carbocycles. The monoisotopic (exact) mass is 454 g/mol. The van der Waals surface area contributed by atoms with Gasteiger partial charge in [0.15, 0.2) is 0 Å². The quantitative estimate of drug-likeness (QED) is 0.566. The molecule has 172 valence electrons. The van der Waals surface area contributed by atoms with Gasteiger partial charge in [0.05, 0.1) is 23.8 Å². The molecule has 2 amide bonds. The van der Waals surface area contributed by atoms with Gasteiger partial charge in [-0.15, -0.1) is 0 Å². The van der Waals surface area contributed by atoms with Crippen LogP contribution >= 0.6 is 0 Å². The van der Waals surface area contributed by atoms with E-state index in [1.807, 2.05) is 30.3 Å². The van der Waals surface area contributed by atoms with Gasteiger partial charge in [0.25, 0.3) is 6.43 Å². The van der Waals surface area contributed by atoms with E-state index in [0.717, 1.165) is 17.7 Å². The molecule has 2 N–H and O–H groups in total. The predicted molar refractivity (Wildman–Crippen MR) is 107 cm³/mol. The van der Waals surface area contributed by atoms with Crippen LogP contribution in [0, 0.1) is 0 Å². The zero-order valence-corrected chi connectivity index (χ0v) is 17.3. The van der Waals surface area contributed by atoms with Crippen molar-refractivity contribution in [3.8, 4) is 0 Å². The number of halogens is 5. The van der Waals surface area contributed by atoms with Gasteiger partial charge in [-0.2, -0.15) is 13.2 Å². The zero-order chi connectivity index (χ0) is 23.1. The number of benzene rings is 2. The van der Waals surface area contributed by atoms with Crippen molar-refractivity contribution < 1.29 is 31.5 Å². The van der Waals surface area contributed by atoms with Crippen molar-refractivity contribution in [1.29, 1.82) is 0 Å². The largest absolute Gasteiger partial charge is 0.416 e. The number of nitrogens with one attached hydrogen (secondary N) is 2. The Labute approximate surface area is 182 Å². The van der Waals surface area contributed by atoms with Crippen LogP contribution in [0.1, 0.15) is 54.5 Å². The molecular weight excluding hydrogens is 431 g/mol. The number of hydrogen-bond acceptors (Lipinski definition) is 2. The summed E-state index contributed by atoms with van der Waals surface area (Å²) in [7, 11) is 0. The van der Waals surface area contributed by atoms with Gasteiger partial charge in [-0.1, -0.05) is 30.3 Å². The summed E-state index contributed by atoms with van der Waals surface area (Å²) in [4.78, 5) is 11.6. The van der Waals surface area contributed by atoms with E-state index in [-0.39, 0.29) is 18.2 Å². The van der Waals surface area contributed by atoms with Crippen LogP contribution in [0.4, 0.5) is 26.7 Å². The second kappa shape index (κ2) is 8.03. The fourth-order valence-corrected chi connectivity index (χ4v) is 4.80. The molecule has 4 nitrogen and oxygen atoms in total. The lowest BCUT2D eigenvalue weighted by Crippen LogP contribution is -2.63. The van der Waals surface area contributed by atoms with Crippen LogP contribution in [0.15, 0.2) is 48.5 Å². The summed E-state index contributed by atoms with van der Waals surface area (Å²) in [6.07, 6.45) is -7.40. The fraction of sp³-hybridized carbons (Fsp3) is 0.435. The maximum atomic E-state index is 13.2. The molecule has 0 unspecified atom stereocenters. The molecule has 4 rings (SSSR count). The molecule has 1 atom stereocenters. The molecule has 1 saturated heterocycles. The topological polar surface area (TPSA) is 50.4 Å². The Bertz CT molecular complexity index is 988. The number of carbonyl (C=O) groups is 1. The molecule has 1 heterocycles. The van der Waals surface area contributed by atoms with Crippen molar-refractivity contribution in [2.24, 2.45) is 0 Å². The smallest absolute Gasteiger partial charge is 0.373 e. The van der Waals surface area contributed by atoms with E-state index in [9.17, 15) is 26.7 Å². The highest BCUT2D eigenvalue weighted by Crippen LogP contribution is 2.51. The van der Waals surface area contributed by atoms with Crippen LogP contribution in [-0.4, -0.2) is 24.7 Å². The Morgan fingerprint density at radius 2 is 1.72 bits per heavy atom. The van der Waals surface area contributed by atoms with Crippen LogP contribution in [-0.2, 0) is 16.3 Å². The number of urea groups is 1. The third kappa shape index (κ3) is 4.30. The van der Waals surface area contributed by atoms with Gasteiger partial charge in [0.2, 0.25) is 0 Å². The summed E-state index contributed by atoms with van der Waals surface area (Å²) in [5, 5.41) is 5.70. The number of ether oxygens (including phenoxy) is 1. The first-order valence-corrected chi connectivity index (χ1v) is 10.3. The number of rotatable bonds is 6. The Hall–Kier alpha value is -2.68. The second-order valence-corrected chi connectivity index (χ2v) is 8.73. The standard InChI is InChI=1S/C23H23F5N2O2/c1-14(15-7-16(19(24)25)9-18(8-15)23(26,27)28)32-13-21(17-5-3-2-4-6-17)10-22(11-21)12-29-20(31)30-22/h2-9,14,19H,10-13H2,1H3,(H2,29,30,31)/t14-,21-,22-/m1/s1. The van der Waals surface area contributed by atoms with Gasteiger partial charge < -0.3 is 15.4 Å². The van der Waals surface area contributed by atoms with Crippen LogP contribution < -0.4 is 10.6 Å². The summed E-state index contributed by atoms with van der Waals surface area (Å²) >= 11 is 0. The summed E-state index contributed by atoms with van der Waals surface area (Å²) in [5.74, 6) is 0. The highest BCUT2D eigenvalue weighted by molar-refractivity contribution is 5.78. The Kier molecular flexibility index (Phi) is 5.65. The SMILES string of the molecule is C[C@@H](OC[C@]1(c2ccccc2)C[C@@]2(CNC(=O)N2)C1)c1cc(C(F)F)cc(C(F)(F)F)c1. The zero-order valence-electron chi connectivity index (χ0n) is 17.3. The third-order valence-corrected chi connectivity index (χ3v) is 6.34. The van der Waals surface area contributed by atoms with Crippen LogP contribution in [0.2, 0.25) is 0 Å². The van der Waals surface area contributed by atoms with Gasteiger partial charge >= 0.3 is 12.2 Å². The maximum absolute atomic E-state index is 13.2. The normalized spacial score (nSPS) is 26.0. The predicted octanol–water partition coefficient (Wildman–Crippen LogP) is 5.50. The molecule has 1 saturated carbocycles. The second-order valence-electron chi connectivity index (χ2n) is 8.73. The van der Waals surface area contributed by atoms with Crippen LogP contribution in [0.5, 0.6) is 0 Å². The fourth-order valence-electron chi connectivity index (χ4n) is 4.80. The lowest BCUT2D eigenvalue weighted by atomic mass is 9.55. The van der Waals surface area contributed by atoms with E-state index in [1.165, 1.54) is 0 Å². The Balaban J connectivity index is 1.55. The van der Waals surface area contributed by atoms with E-state index in [0.29, 0.717) is 25.5 Å². The van der Waals surface area contributed by atoms with Crippen molar-refractivity contribution in [3.63, 3.8) is 0 Å². The number of hydrogen-bond donors (Lipinski definition) is 2. The van der Waals surface area contributed by atoms with Gasteiger partial charge in [0.1, 0.15) is 0 Å². The molecule has 0 radical (unpaired) electrons. The number of amides is 2. The highest BCUT2D eigenvalue weighted by Gasteiger charge is 2.58. The summed E-state index contributed by atoms with van der Waals surface area (Å²) < 4.78 is 72.0. The molecule has 1 spiro atoms. The minimum Gasteiger partial charge on any atom is -0.373 e. The molecule has 32 heavy (non-hydrogen) atoms. The third-order valence-electron chi connectivity index (χ3n) is 6.34. The number of carbonyl (C=O) groups excluding carboxylic acids is 1. The summed E-state index contributed by atoms with van der Waals surface area (Å²) in [6.45, 7) is 2.22. The van der Waals surface area contributed by atoms with E-state index < -0.39 is 40.8 Å². The highest BCUT2D eigenvalue weighted by atomic mass is 19.4. The molecular formula is C23H23F5N2O2. The average Bonchev–Trinajstić information content (AvgIpc) is 3.12. The molecule has 1 aliphatic heterocycles. The van der Waals surface area contributed by atoms with Crippen molar-refractivity contribution in [1.82, 2.24) is 10.6 Å². The number of alkyl halides is 5. The van der Waals surface area contributed by atoms with E-state index in [1.54, 1.807) is 6.92 Å². The summed E-state index contributed by atoms with van der Waals surface area (Å²) in [5.41, 5.74) is -1.61. The molecule has 2 aromatic carbocycles. The van der Waals surface area contributed by atoms with Crippen LogP contribution in [0.25, 0.3) is 0 Å². The molecule has 2 fully saturated rings. The molecule has 2 aromatic rings. The first-order valence-electron chi connectivity index (χ1n) is 10.3. The first-order chi connectivity index (χ1) is 15.0. The molecule has 0 aromatic heterocycles. The van der Waals surface area contributed by atoms with Crippen molar-refractivity contribution in [3.05, 3.63) is 70.8 Å². The minimum atomic E-state index is -4.74. The minimum absolute atomic E-state index is 0.0446. The average molecular weight is 454 g/mol. The summed E-state index contributed by atoms with van der Waals surface area (Å²) in [6, 6.07) is 11.7. The van der Waals surface area contributed by atoms with Gasteiger partial charge in [0, 0.05) is 17.5 Å². The Morgan fingerprint density at radius 1 is 1.06 bits per heavy atom. The maximum Gasteiger partial charge on any atom is 0.416 e. The Morgan fingerprint density at radius 3 is 2.28 bits per heavy atom.